The Morgan fingerprint density at radius 2 is 2.21 bits per heavy atom. The highest BCUT2D eigenvalue weighted by Crippen LogP contribution is 2.26. The van der Waals surface area contributed by atoms with Crippen molar-refractivity contribution < 1.29 is 9.13 Å². The van der Waals surface area contributed by atoms with Crippen molar-refractivity contribution in [3.63, 3.8) is 0 Å². The SMILES string of the molecule is CC[SH+]COc1c(C)cc(F)cc1I. The molecule has 0 amide bonds. The molecule has 0 radical (unpaired) electrons. The molecule has 1 aromatic carbocycles. The van der Waals surface area contributed by atoms with E-state index in [1.807, 2.05) is 6.92 Å². The van der Waals surface area contributed by atoms with Crippen molar-refractivity contribution in [3.05, 3.63) is 27.1 Å². The summed E-state index contributed by atoms with van der Waals surface area (Å²) in [4.78, 5) is 0. The quantitative estimate of drug-likeness (QED) is 0.358. The summed E-state index contributed by atoms with van der Waals surface area (Å²) in [7, 11) is 0. The van der Waals surface area contributed by atoms with Crippen LogP contribution in [0.15, 0.2) is 12.1 Å². The Balaban J connectivity index is 2.75. The van der Waals surface area contributed by atoms with E-state index < -0.39 is 0 Å². The second kappa shape index (κ2) is 5.80. The van der Waals surface area contributed by atoms with Gasteiger partial charge in [0.1, 0.15) is 17.3 Å². The largest absolute Gasteiger partial charge is 0.447 e. The standard InChI is InChI=1S/C10H12FIOS/c1-3-14-6-13-10-7(2)4-8(11)5-9(10)12/h4-5H,3,6H2,1-2H3/p+1. The molecule has 4 heteroatoms. The molecule has 0 unspecified atom stereocenters. The average molecular weight is 327 g/mol. The van der Waals surface area contributed by atoms with Gasteiger partial charge < -0.3 is 4.74 Å². The molecule has 0 saturated heterocycles. The number of ether oxygens (including phenoxy) is 1. The molecule has 1 nitrogen and oxygen atoms in total. The monoisotopic (exact) mass is 327 g/mol. The molecule has 0 aromatic heterocycles. The van der Waals surface area contributed by atoms with Crippen LogP contribution in [0.1, 0.15) is 12.5 Å². The highest BCUT2D eigenvalue weighted by molar-refractivity contribution is 14.1. The molecule has 1 rings (SSSR count). The maximum absolute atomic E-state index is 12.9. The van der Waals surface area contributed by atoms with Gasteiger partial charge in [0, 0.05) is 11.8 Å². The third kappa shape index (κ3) is 3.31. The fourth-order valence-corrected chi connectivity index (χ4v) is 2.35. The fourth-order valence-electron chi connectivity index (χ4n) is 1.07. The molecular weight excluding hydrogens is 314 g/mol. The van der Waals surface area contributed by atoms with Gasteiger partial charge in [-0.25, -0.2) is 4.39 Å². The minimum Gasteiger partial charge on any atom is -0.447 e. The number of aryl methyl sites for hydroxylation is 1. The van der Waals surface area contributed by atoms with Gasteiger partial charge in [-0.3, -0.25) is 0 Å². The zero-order chi connectivity index (χ0) is 10.6. The summed E-state index contributed by atoms with van der Waals surface area (Å²) in [6.07, 6.45) is 0. The normalized spacial score (nSPS) is 10.3. The van der Waals surface area contributed by atoms with Gasteiger partial charge in [0.15, 0.2) is 0 Å². The van der Waals surface area contributed by atoms with E-state index in [9.17, 15) is 4.39 Å². The average Bonchev–Trinajstić information content (AvgIpc) is 2.09. The molecule has 1 aromatic rings. The van der Waals surface area contributed by atoms with E-state index in [2.05, 4.69) is 29.5 Å². The predicted octanol–water partition coefficient (Wildman–Crippen LogP) is 2.91. The van der Waals surface area contributed by atoms with Gasteiger partial charge in [0.05, 0.1) is 3.57 Å². The van der Waals surface area contributed by atoms with Crippen LogP contribution in [-0.2, 0) is 11.8 Å². The Bertz CT molecular complexity index is 294. The van der Waals surface area contributed by atoms with Crippen molar-refractivity contribution in [2.45, 2.75) is 13.8 Å². The van der Waals surface area contributed by atoms with Gasteiger partial charge >= 0.3 is 0 Å². The van der Waals surface area contributed by atoms with E-state index in [-0.39, 0.29) is 5.82 Å². The second-order valence-electron chi connectivity index (χ2n) is 2.85. The lowest BCUT2D eigenvalue weighted by Crippen LogP contribution is -2.03. The third-order valence-corrected chi connectivity index (χ3v) is 3.28. The van der Waals surface area contributed by atoms with Crippen LogP contribution in [0.5, 0.6) is 5.75 Å². The summed E-state index contributed by atoms with van der Waals surface area (Å²) >= 11 is 3.35. The summed E-state index contributed by atoms with van der Waals surface area (Å²) < 4.78 is 19.4. The van der Waals surface area contributed by atoms with E-state index in [1.165, 1.54) is 23.9 Å². The number of hydrogen-bond acceptors (Lipinski definition) is 1. The van der Waals surface area contributed by atoms with Crippen LogP contribution in [0, 0.1) is 16.3 Å². The first-order chi connectivity index (χ1) is 6.65. The van der Waals surface area contributed by atoms with Crippen molar-refractivity contribution in [2.24, 2.45) is 0 Å². The Labute approximate surface area is 102 Å². The van der Waals surface area contributed by atoms with E-state index >= 15 is 0 Å². The lowest BCUT2D eigenvalue weighted by atomic mass is 10.2. The Morgan fingerprint density at radius 3 is 2.79 bits per heavy atom. The van der Waals surface area contributed by atoms with Crippen LogP contribution < -0.4 is 4.74 Å². The molecule has 0 fully saturated rings. The summed E-state index contributed by atoms with van der Waals surface area (Å²) in [6, 6.07) is 2.99. The van der Waals surface area contributed by atoms with Gasteiger partial charge in [-0.1, -0.05) is 0 Å². The molecular formula is C10H13FIOS+. The molecule has 0 bridgehead atoms. The summed E-state index contributed by atoms with van der Waals surface area (Å²) in [6.45, 7) is 3.97. The predicted molar refractivity (Wildman–Crippen MR) is 68.7 cm³/mol. The van der Waals surface area contributed by atoms with Crippen molar-refractivity contribution in [1.82, 2.24) is 0 Å². The molecule has 0 N–H and O–H groups in total. The molecule has 0 saturated carbocycles. The van der Waals surface area contributed by atoms with E-state index in [1.54, 1.807) is 0 Å². The molecule has 0 atom stereocenters. The highest BCUT2D eigenvalue weighted by atomic mass is 127. The van der Waals surface area contributed by atoms with Gasteiger partial charge in [-0.2, -0.15) is 0 Å². The zero-order valence-electron chi connectivity index (χ0n) is 8.18. The Hall–Kier alpha value is 0.0300. The first-order valence-corrected chi connectivity index (χ1v) is 6.71. The first-order valence-electron chi connectivity index (χ1n) is 4.37. The summed E-state index contributed by atoms with van der Waals surface area (Å²) in [5.74, 6) is 2.37. The number of hydrogen-bond donors (Lipinski definition) is 0. The molecule has 0 aliphatic heterocycles. The topological polar surface area (TPSA) is 9.23 Å². The smallest absolute Gasteiger partial charge is 0.245 e. The first kappa shape index (κ1) is 12.1. The Kier molecular flexibility index (Phi) is 5.01. The van der Waals surface area contributed by atoms with Crippen LogP contribution in [-0.4, -0.2) is 11.7 Å². The van der Waals surface area contributed by atoms with Gasteiger partial charge in [-0.05, 0) is 54.1 Å². The van der Waals surface area contributed by atoms with Gasteiger partial charge in [0.2, 0.25) is 5.94 Å². The third-order valence-electron chi connectivity index (χ3n) is 1.72. The van der Waals surface area contributed by atoms with Crippen LogP contribution in [0.25, 0.3) is 0 Å². The minimum absolute atomic E-state index is 0.202. The maximum Gasteiger partial charge on any atom is 0.245 e. The second-order valence-corrected chi connectivity index (χ2v) is 5.35. The lowest BCUT2D eigenvalue weighted by molar-refractivity contribution is 0.385. The Morgan fingerprint density at radius 1 is 1.50 bits per heavy atom. The zero-order valence-corrected chi connectivity index (χ0v) is 11.2. The van der Waals surface area contributed by atoms with E-state index in [0.717, 1.165) is 20.6 Å². The fraction of sp³-hybridized carbons (Fsp3) is 0.400. The van der Waals surface area contributed by atoms with E-state index in [0.29, 0.717) is 5.94 Å². The van der Waals surface area contributed by atoms with E-state index in [4.69, 9.17) is 4.74 Å². The van der Waals surface area contributed by atoms with Crippen LogP contribution >= 0.6 is 22.6 Å². The highest BCUT2D eigenvalue weighted by Gasteiger charge is 2.08. The van der Waals surface area contributed by atoms with Gasteiger partial charge in [0.25, 0.3) is 0 Å². The molecule has 78 valence electrons. The van der Waals surface area contributed by atoms with Crippen LogP contribution in [0.4, 0.5) is 4.39 Å². The molecule has 0 aliphatic carbocycles. The number of rotatable bonds is 4. The minimum atomic E-state index is -0.202. The maximum atomic E-state index is 12.9. The number of halogens is 2. The van der Waals surface area contributed by atoms with Gasteiger partial charge in [-0.15, -0.1) is 0 Å². The number of thiol groups is 1. The van der Waals surface area contributed by atoms with Crippen molar-refractivity contribution in [1.29, 1.82) is 0 Å². The lowest BCUT2D eigenvalue weighted by Gasteiger charge is -2.07. The molecule has 0 spiro atoms. The summed E-state index contributed by atoms with van der Waals surface area (Å²) in [5, 5.41) is 0. The van der Waals surface area contributed by atoms with Crippen molar-refractivity contribution >= 4 is 34.4 Å². The summed E-state index contributed by atoms with van der Waals surface area (Å²) in [5.41, 5.74) is 0.862. The molecule has 0 heterocycles. The van der Waals surface area contributed by atoms with Crippen molar-refractivity contribution in [3.8, 4) is 5.75 Å². The van der Waals surface area contributed by atoms with Crippen LogP contribution in [0.2, 0.25) is 0 Å². The molecule has 0 aliphatic rings. The van der Waals surface area contributed by atoms with Crippen molar-refractivity contribution in [2.75, 3.05) is 11.7 Å². The number of benzene rings is 1. The van der Waals surface area contributed by atoms with Crippen LogP contribution in [0.3, 0.4) is 0 Å². The molecule has 14 heavy (non-hydrogen) atoms.